The van der Waals surface area contributed by atoms with Gasteiger partial charge in [-0.1, -0.05) is 12.1 Å². The number of aryl methyl sites for hydroxylation is 1. The molecule has 2 aromatic rings. The molecule has 0 aliphatic heterocycles. The first-order valence-corrected chi connectivity index (χ1v) is 7.14. The van der Waals surface area contributed by atoms with Crippen molar-refractivity contribution in [1.29, 1.82) is 0 Å². The van der Waals surface area contributed by atoms with Crippen LogP contribution in [0.25, 0.3) is 12.2 Å². The molecule has 0 bridgehead atoms. The largest absolute Gasteiger partial charge is 1.00 e. The quantitative estimate of drug-likeness (QED) is 0.345. The van der Waals surface area contributed by atoms with Crippen LogP contribution >= 0.6 is 0 Å². The summed E-state index contributed by atoms with van der Waals surface area (Å²) in [5.41, 5.74) is 2.21. The van der Waals surface area contributed by atoms with Gasteiger partial charge in [0.05, 0.1) is 0 Å². The summed E-state index contributed by atoms with van der Waals surface area (Å²) >= 11 is 0. The van der Waals surface area contributed by atoms with Crippen LogP contribution in [-0.2, 0) is 16.5 Å². The Kier molecular flexibility index (Phi) is 8.83. The summed E-state index contributed by atoms with van der Waals surface area (Å²) in [5, 5.41) is 0. The molecule has 0 aliphatic rings. The van der Waals surface area contributed by atoms with Crippen LogP contribution in [-0.4, -0.2) is 27.1 Å². The molecule has 5 heteroatoms. The van der Waals surface area contributed by atoms with Crippen molar-refractivity contribution in [3.63, 3.8) is 0 Å². The first kappa shape index (κ1) is 19.6. The second-order valence-corrected chi connectivity index (χ2v) is 4.85. The van der Waals surface area contributed by atoms with Gasteiger partial charge in [0.15, 0.2) is 12.5 Å². The van der Waals surface area contributed by atoms with Crippen LogP contribution in [0.3, 0.4) is 0 Å². The molecule has 0 amide bonds. The van der Waals surface area contributed by atoms with E-state index in [2.05, 4.69) is 22.8 Å². The third-order valence-corrected chi connectivity index (χ3v) is 3.31. The lowest BCUT2D eigenvalue weighted by Crippen LogP contribution is -3.00. The molecular formula is C18H22INO3. The van der Waals surface area contributed by atoms with Crippen molar-refractivity contribution in [1.82, 2.24) is 0 Å². The molecule has 2 rings (SSSR count). The van der Waals surface area contributed by atoms with Crippen molar-refractivity contribution in [3.05, 3.63) is 59.9 Å². The second-order valence-electron chi connectivity index (χ2n) is 4.85. The van der Waals surface area contributed by atoms with Gasteiger partial charge in [-0.25, -0.2) is 4.57 Å². The molecule has 0 unspecified atom stereocenters. The minimum Gasteiger partial charge on any atom is -1.00 e. The van der Waals surface area contributed by atoms with E-state index in [1.54, 1.807) is 14.2 Å². The van der Waals surface area contributed by atoms with Gasteiger partial charge in [-0.15, -0.1) is 0 Å². The summed E-state index contributed by atoms with van der Waals surface area (Å²) in [6.45, 7) is 0.355. The molecule has 0 spiro atoms. The molecule has 0 fully saturated rings. The van der Waals surface area contributed by atoms with E-state index in [1.807, 2.05) is 49.6 Å². The van der Waals surface area contributed by atoms with Crippen LogP contribution in [0, 0.1) is 0 Å². The Morgan fingerprint density at radius 3 is 2.52 bits per heavy atom. The highest BCUT2D eigenvalue weighted by Crippen LogP contribution is 2.16. The van der Waals surface area contributed by atoms with Crippen LogP contribution in [0.15, 0.2) is 48.7 Å². The Bertz CT molecular complexity index is 627. The minimum atomic E-state index is -0.359. The first-order chi connectivity index (χ1) is 10.7. The predicted octanol–water partition coefficient (Wildman–Crippen LogP) is -0.317. The number of benzene rings is 1. The van der Waals surface area contributed by atoms with Crippen LogP contribution in [0.5, 0.6) is 5.75 Å². The minimum absolute atomic E-state index is 0. The van der Waals surface area contributed by atoms with Gasteiger partial charge in [-0.2, -0.15) is 0 Å². The van der Waals surface area contributed by atoms with Crippen LogP contribution in [0.4, 0.5) is 0 Å². The molecule has 23 heavy (non-hydrogen) atoms. The van der Waals surface area contributed by atoms with Gasteiger partial charge in [-0.3, -0.25) is 0 Å². The van der Waals surface area contributed by atoms with Crippen molar-refractivity contribution < 1.29 is 42.8 Å². The maximum absolute atomic E-state index is 5.68. The summed E-state index contributed by atoms with van der Waals surface area (Å²) in [7, 11) is 5.21. The highest BCUT2D eigenvalue weighted by Gasteiger charge is 2.06. The van der Waals surface area contributed by atoms with Crippen molar-refractivity contribution in [2.75, 3.05) is 20.8 Å². The fraction of sp³-hybridized carbons (Fsp3) is 0.278. The van der Waals surface area contributed by atoms with Crippen molar-refractivity contribution >= 4 is 12.2 Å². The van der Waals surface area contributed by atoms with Crippen molar-refractivity contribution in [3.8, 4) is 5.75 Å². The van der Waals surface area contributed by atoms with Gasteiger partial charge < -0.3 is 38.2 Å². The summed E-state index contributed by atoms with van der Waals surface area (Å²) in [4.78, 5) is 0. The first-order valence-electron chi connectivity index (χ1n) is 7.14. The number of rotatable bonds is 7. The number of halogens is 1. The van der Waals surface area contributed by atoms with Gasteiger partial charge in [-0.05, 0) is 29.8 Å². The van der Waals surface area contributed by atoms with Crippen molar-refractivity contribution in [2.45, 2.75) is 6.29 Å². The third-order valence-electron chi connectivity index (χ3n) is 3.31. The average molecular weight is 427 g/mol. The van der Waals surface area contributed by atoms with E-state index in [-0.39, 0.29) is 30.3 Å². The van der Waals surface area contributed by atoms with E-state index in [0.29, 0.717) is 6.61 Å². The monoisotopic (exact) mass is 427 g/mol. The summed E-state index contributed by atoms with van der Waals surface area (Å²) in [6, 6.07) is 14.0. The Morgan fingerprint density at radius 2 is 1.83 bits per heavy atom. The standard InChI is InChI=1S/C18H22NO3.HI/c1-19-12-5-4-8-16(19)11-10-15-7-6-9-17(13-15)22-14-18(20-2)21-3;/h4-13,18H,14H2,1-3H3;1H/q+1;/p-1/b11-10+;. The second kappa shape index (κ2) is 10.4. The van der Waals surface area contributed by atoms with Crippen molar-refractivity contribution in [2.24, 2.45) is 7.05 Å². The van der Waals surface area contributed by atoms with E-state index in [4.69, 9.17) is 14.2 Å². The summed E-state index contributed by atoms with van der Waals surface area (Å²) in [6.07, 6.45) is 5.80. The van der Waals surface area contributed by atoms with Gasteiger partial charge in [0.2, 0.25) is 5.69 Å². The topological polar surface area (TPSA) is 31.6 Å². The Morgan fingerprint density at radius 1 is 1.04 bits per heavy atom. The molecule has 124 valence electrons. The molecule has 1 heterocycles. The van der Waals surface area contributed by atoms with Gasteiger partial charge in [0, 0.05) is 32.4 Å². The van der Waals surface area contributed by atoms with Crippen LogP contribution in [0.2, 0.25) is 0 Å². The molecule has 0 saturated carbocycles. The molecule has 0 radical (unpaired) electrons. The smallest absolute Gasteiger partial charge is 0.204 e. The zero-order valence-corrected chi connectivity index (χ0v) is 15.8. The zero-order chi connectivity index (χ0) is 15.8. The van der Waals surface area contributed by atoms with E-state index >= 15 is 0 Å². The number of pyridine rings is 1. The van der Waals surface area contributed by atoms with E-state index in [9.17, 15) is 0 Å². The van der Waals surface area contributed by atoms with Gasteiger partial charge in [0.25, 0.3) is 0 Å². The number of nitrogens with zero attached hydrogens (tertiary/aromatic N) is 1. The number of methoxy groups -OCH3 is 2. The average Bonchev–Trinajstić information content (AvgIpc) is 2.55. The Hall–Kier alpha value is -1.44. The summed E-state index contributed by atoms with van der Waals surface area (Å²) in [5.74, 6) is 0.790. The summed E-state index contributed by atoms with van der Waals surface area (Å²) < 4.78 is 18.0. The lowest BCUT2D eigenvalue weighted by atomic mass is 10.2. The third kappa shape index (κ3) is 6.29. The van der Waals surface area contributed by atoms with Crippen LogP contribution < -0.4 is 33.3 Å². The van der Waals surface area contributed by atoms with Gasteiger partial charge in [0.1, 0.15) is 19.4 Å². The fourth-order valence-corrected chi connectivity index (χ4v) is 2.00. The highest BCUT2D eigenvalue weighted by molar-refractivity contribution is 5.67. The molecule has 1 aromatic carbocycles. The molecule has 1 aromatic heterocycles. The molecule has 0 aliphatic carbocycles. The van der Waals surface area contributed by atoms with Gasteiger partial charge >= 0.3 is 0 Å². The SMILES string of the molecule is COC(COc1cccc(/C=C/c2cccc[n+]2C)c1)OC.[I-]. The van der Waals surface area contributed by atoms with Crippen LogP contribution in [0.1, 0.15) is 11.3 Å². The lowest BCUT2D eigenvalue weighted by Gasteiger charge is -2.14. The van der Waals surface area contributed by atoms with E-state index < -0.39 is 0 Å². The highest BCUT2D eigenvalue weighted by atomic mass is 127. The number of hydrogen-bond donors (Lipinski definition) is 0. The molecule has 4 nitrogen and oxygen atoms in total. The van der Waals surface area contributed by atoms with E-state index in [0.717, 1.165) is 17.0 Å². The number of ether oxygens (including phenoxy) is 3. The molecular weight excluding hydrogens is 405 g/mol. The number of aromatic nitrogens is 1. The number of hydrogen-bond acceptors (Lipinski definition) is 3. The molecule has 0 atom stereocenters. The Labute approximate surface area is 154 Å². The van der Waals surface area contributed by atoms with E-state index in [1.165, 1.54) is 0 Å². The maximum Gasteiger partial charge on any atom is 0.204 e. The molecule has 0 saturated heterocycles. The predicted molar refractivity (Wildman–Crippen MR) is 86.3 cm³/mol. The molecule has 0 N–H and O–H groups in total. The zero-order valence-electron chi connectivity index (χ0n) is 13.6. The normalized spacial score (nSPS) is 10.8. The fourth-order valence-electron chi connectivity index (χ4n) is 2.00. The maximum atomic E-state index is 5.68. The Balaban J connectivity index is 0.00000264. The lowest BCUT2D eigenvalue weighted by molar-refractivity contribution is -0.673.